The molecule has 0 saturated heterocycles. The molecule has 3 aromatic carbocycles. The molecule has 0 aromatic heterocycles. The SMILES string of the molecule is O=C(Cc1ccc2c(c1)C(CNC(=O)c1ccc(F)cc1)(C(F)(F)F)OC(=O)N2)NC1Cc2ccccc2C1. The Labute approximate surface area is 220 Å². The summed E-state index contributed by atoms with van der Waals surface area (Å²) in [6.07, 6.45) is -5.36. The van der Waals surface area contributed by atoms with E-state index in [0.29, 0.717) is 12.8 Å². The summed E-state index contributed by atoms with van der Waals surface area (Å²) in [5.74, 6) is -1.90. The van der Waals surface area contributed by atoms with Crippen molar-refractivity contribution in [3.8, 4) is 0 Å². The molecule has 0 radical (unpaired) electrons. The highest BCUT2D eigenvalue weighted by Crippen LogP contribution is 2.47. The number of fused-ring (bicyclic) bond motifs is 2. The highest BCUT2D eigenvalue weighted by molar-refractivity contribution is 5.94. The molecule has 3 amide bonds. The molecular weight excluding hydrogens is 518 g/mol. The summed E-state index contributed by atoms with van der Waals surface area (Å²) in [6, 6.07) is 15.8. The van der Waals surface area contributed by atoms with Gasteiger partial charge in [0.05, 0.1) is 18.7 Å². The van der Waals surface area contributed by atoms with E-state index in [1.807, 2.05) is 24.3 Å². The zero-order valence-corrected chi connectivity index (χ0v) is 20.4. The van der Waals surface area contributed by atoms with Crippen LogP contribution in [0.4, 0.5) is 28.0 Å². The largest absolute Gasteiger partial charge is 0.434 e. The molecule has 0 saturated carbocycles. The lowest BCUT2D eigenvalue weighted by molar-refractivity contribution is -0.261. The number of anilines is 1. The van der Waals surface area contributed by atoms with Gasteiger partial charge in [-0.1, -0.05) is 30.3 Å². The van der Waals surface area contributed by atoms with E-state index in [1.165, 1.54) is 12.1 Å². The quantitative estimate of drug-likeness (QED) is 0.403. The minimum absolute atomic E-state index is 0.0753. The van der Waals surface area contributed by atoms with Crippen LogP contribution < -0.4 is 16.0 Å². The predicted molar refractivity (Wildman–Crippen MR) is 132 cm³/mol. The van der Waals surface area contributed by atoms with Gasteiger partial charge in [-0.2, -0.15) is 13.2 Å². The van der Waals surface area contributed by atoms with E-state index in [1.54, 1.807) is 0 Å². The van der Waals surface area contributed by atoms with E-state index in [4.69, 9.17) is 4.74 Å². The number of carbonyl (C=O) groups excluding carboxylic acids is 3. The first kappa shape index (κ1) is 26.2. The summed E-state index contributed by atoms with van der Waals surface area (Å²) in [6.45, 7) is -1.14. The smallest absolute Gasteiger partial charge is 0.426 e. The molecule has 1 atom stereocenters. The Hall–Kier alpha value is -4.41. The number of nitrogens with one attached hydrogen (secondary N) is 3. The fourth-order valence-electron chi connectivity index (χ4n) is 4.97. The standard InChI is InChI=1S/C28H23F4N3O4/c29-20-8-6-17(7-9-20)25(37)33-15-27(28(30,31)32)22-11-16(5-10-23(22)35-26(38)39-27)12-24(36)34-21-13-18-3-1-2-4-19(18)14-21/h1-11,21H,12-15H2,(H,33,37)(H,34,36)(H,35,38). The molecule has 0 bridgehead atoms. The van der Waals surface area contributed by atoms with Crippen molar-refractivity contribution in [2.45, 2.75) is 37.1 Å². The van der Waals surface area contributed by atoms with Gasteiger partial charge in [0.2, 0.25) is 5.91 Å². The van der Waals surface area contributed by atoms with E-state index in [9.17, 15) is 31.9 Å². The van der Waals surface area contributed by atoms with Crippen molar-refractivity contribution in [2.24, 2.45) is 0 Å². The van der Waals surface area contributed by atoms with E-state index < -0.39 is 41.7 Å². The lowest BCUT2D eigenvalue weighted by Gasteiger charge is -2.39. The molecule has 2 aliphatic rings. The first-order chi connectivity index (χ1) is 18.5. The lowest BCUT2D eigenvalue weighted by atomic mass is 9.87. The minimum atomic E-state index is -5.13. The van der Waals surface area contributed by atoms with Crippen molar-refractivity contribution in [3.05, 3.63) is 100 Å². The Bertz CT molecular complexity index is 1420. The van der Waals surface area contributed by atoms with Gasteiger partial charge in [0.15, 0.2) is 0 Å². The minimum Gasteiger partial charge on any atom is -0.426 e. The molecule has 0 spiro atoms. The highest BCUT2D eigenvalue weighted by atomic mass is 19.4. The van der Waals surface area contributed by atoms with Crippen molar-refractivity contribution >= 4 is 23.6 Å². The monoisotopic (exact) mass is 541 g/mol. The lowest BCUT2D eigenvalue weighted by Crippen LogP contribution is -2.56. The van der Waals surface area contributed by atoms with Crippen LogP contribution in [0.5, 0.6) is 0 Å². The second kappa shape index (κ2) is 10.0. The third kappa shape index (κ3) is 5.29. The molecule has 1 unspecified atom stereocenters. The van der Waals surface area contributed by atoms with Crippen LogP contribution in [0, 0.1) is 5.82 Å². The molecule has 11 heteroatoms. The van der Waals surface area contributed by atoms with Gasteiger partial charge in [-0.3, -0.25) is 14.9 Å². The van der Waals surface area contributed by atoms with Crippen LogP contribution in [-0.2, 0) is 34.4 Å². The molecule has 0 fully saturated rings. The molecule has 39 heavy (non-hydrogen) atoms. The summed E-state index contributed by atoms with van der Waals surface area (Å²) in [5, 5.41) is 7.32. The third-order valence-corrected chi connectivity index (χ3v) is 6.87. The second-order valence-electron chi connectivity index (χ2n) is 9.53. The predicted octanol–water partition coefficient (Wildman–Crippen LogP) is 4.40. The topological polar surface area (TPSA) is 96.5 Å². The van der Waals surface area contributed by atoms with Gasteiger partial charge in [0.1, 0.15) is 5.82 Å². The number of ether oxygens (including phenoxy) is 1. The molecule has 3 aromatic rings. The zero-order valence-electron chi connectivity index (χ0n) is 20.4. The molecule has 7 nitrogen and oxygen atoms in total. The van der Waals surface area contributed by atoms with Crippen LogP contribution in [0.3, 0.4) is 0 Å². The molecule has 1 heterocycles. The Morgan fingerprint density at radius 1 is 1.00 bits per heavy atom. The summed E-state index contributed by atoms with van der Waals surface area (Å²) < 4.78 is 61.7. The average molecular weight is 542 g/mol. The normalized spacial score (nSPS) is 18.4. The van der Waals surface area contributed by atoms with Gasteiger partial charge >= 0.3 is 12.3 Å². The maximum Gasteiger partial charge on any atom is 0.434 e. The number of rotatable bonds is 6. The van der Waals surface area contributed by atoms with Crippen molar-refractivity contribution in [3.63, 3.8) is 0 Å². The Morgan fingerprint density at radius 2 is 1.67 bits per heavy atom. The summed E-state index contributed by atoms with van der Waals surface area (Å²) in [7, 11) is 0. The number of carbonyl (C=O) groups is 3. The van der Waals surface area contributed by atoms with E-state index in [2.05, 4.69) is 16.0 Å². The van der Waals surface area contributed by atoms with E-state index >= 15 is 0 Å². The Morgan fingerprint density at radius 3 is 2.31 bits per heavy atom. The van der Waals surface area contributed by atoms with Crippen LogP contribution in [0.25, 0.3) is 0 Å². The Kier molecular flexibility index (Phi) is 6.75. The number of cyclic esters (lactones) is 1. The summed E-state index contributed by atoms with van der Waals surface area (Å²) in [4.78, 5) is 37.4. The molecule has 1 aliphatic heterocycles. The molecule has 1 aliphatic carbocycles. The van der Waals surface area contributed by atoms with Crippen LogP contribution >= 0.6 is 0 Å². The molecule has 202 valence electrons. The molecule has 5 rings (SSSR count). The average Bonchev–Trinajstić information content (AvgIpc) is 3.29. The first-order valence-electron chi connectivity index (χ1n) is 12.1. The van der Waals surface area contributed by atoms with Crippen molar-refractivity contribution in [1.82, 2.24) is 10.6 Å². The second-order valence-corrected chi connectivity index (χ2v) is 9.53. The van der Waals surface area contributed by atoms with Gasteiger partial charge in [-0.25, -0.2) is 9.18 Å². The molecule has 3 N–H and O–H groups in total. The summed E-state index contributed by atoms with van der Waals surface area (Å²) in [5.41, 5.74) is -1.36. The van der Waals surface area contributed by atoms with Gasteiger partial charge < -0.3 is 15.4 Å². The van der Waals surface area contributed by atoms with Gasteiger partial charge in [0, 0.05) is 17.2 Å². The van der Waals surface area contributed by atoms with Gasteiger partial charge in [-0.15, -0.1) is 0 Å². The number of benzene rings is 3. The van der Waals surface area contributed by atoms with Crippen molar-refractivity contribution < 1.29 is 36.7 Å². The van der Waals surface area contributed by atoms with E-state index in [0.717, 1.165) is 41.5 Å². The number of amides is 3. The van der Waals surface area contributed by atoms with Crippen LogP contribution in [-0.4, -0.2) is 36.7 Å². The number of hydrogen-bond acceptors (Lipinski definition) is 4. The number of hydrogen-bond donors (Lipinski definition) is 3. The van der Waals surface area contributed by atoms with Crippen LogP contribution in [0.15, 0.2) is 66.7 Å². The molecular formula is C28H23F4N3O4. The third-order valence-electron chi connectivity index (χ3n) is 6.87. The maximum atomic E-state index is 14.6. The summed E-state index contributed by atoms with van der Waals surface area (Å²) >= 11 is 0. The maximum absolute atomic E-state index is 14.6. The zero-order chi connectivity index (χ0) is 27.8. The highest BCUT2D eigenvalue weighted by Gasteiger charge is 2.62. The fourth-order valence-corrected chi connectivity index (χ4v) is 4.97. The van der Waals surface area contributed by atoms with Gasteiger partial charge in [0.25, 0.3) is 11.5 Å². The number of alkyl halides is 3. The Balaban J connectivity index is 1.37. The van der Waals surface area contributed by atoms with E-state index in [-0.39, 0.29) is 35.2 Å². The fraction of sp³-hybridized carbons (Fsp3) is 0.250. The van der Waals surface area contributed by atoms with Gasteiger partial charge in [-0.05, 0) is 65.9 Å². The van der Waals surface area contributed by atoms with Crippen molar-refractivity contribution in [2.75, 3.05) is 11.9 Å². The van der Waals surface area contributed by atoms with Crippen LogP contribution in [0.2, 0.25) is 0 Å². The van der Waals surface area contributed by atoms with Crippen molar-refractivity contribution in [1.29, 1.82) is 0 Å². The van der Waals surface area contributed by atoms with Crippen LogP contribution in [0.1, 0.15) is 32.6 Å². The number of halogens is 4. The first-order valence-corrected chi connectivity index (χ1v) is 12.1.